The maximum Gasteiger partial charge on any atom is 0.0437 e. The summed E-state index contributed by atoms with van der Waals surface area (Å²) in [5.41, 5.74) is 8.94. The van der Waals surface area contributed by atoms with Crippen molar-refractivity contribution < 1.29 is 0 Å². The van der Waals surface area contributed by atoms with Crippen molar-refractivity contribution in [2.45, 2.75) is 6.42 Å². The molecule has 2 N–H and O–H groups in total. The van der Waals surface area contributed by atoms with Crippen LogP contribution < -0.4 is 5.73 Å². The molecule has 0 radical (unpaired) electrons. The van der Waals surface area contributed by atoms with Crippen molar-refractivity contribution in [1.29, 1.82) is 0 Å². The molecule has 1 aliphatic rings. The van der Waals surface area contributed by atoms with Crippen molar-refractivity contribution in [3.63, 3.8) is 0 Å². The van der Waals surface area contributed by atoms with Gasteiger partial charge in [-0.15, -0.1) is 0 Å². The van der Waals surface area contributed by atoms with Gasteiger partial charge in [-0.1, -0.05) is 54.6 Å². The minimum absolute atomic E-state index is 0.335. The number of nitrogens with two attached hydrogens (primary N) is 1. The quantitative estimate of drug-likeness (QED) is 0.807. The molecule has 0 bridgehead atoms. The van der Waals surface area contributed by atoms with Crippen LogP contribution in [0.25, 0.3) is 5.70 Å². The Labute approximate surface area is 108 Å². The fourth-order valence-corrected chi connectivity index (χ4v) is 2.01. The second-order valence-electron chi connectivity index (χ2n) is 4.27. The van der Waals surface area contributed by atoms with E-state index in [1.807, 2.05) is 43.5 Å². The van der Waals surface area contributed by atoms with Crippen molar-refractivity contribution >= 4 is 11.4 Å². The van der Waals surface area contributed by atoms with Crippen LogP contribution in [-0.4, -0.2) is 12.8 Å². The Morgan fingerprint density at radius 3 is 2.67 bits per heavy atom. The molecule has 1 atom stereocenters. The van der Waals surface area contributed by atoms with Crippen LogP contribution in [0.2, 0.25) is 0 Å². The maximum absolute atomic E-state index is 6.12. The third-order valence-electron chi connectivity index (χ3n) is 3.03. The molecule has 0 aliphatic heterocycles. The van der Waals surface area contributed by atoms with Crippen LogP contribution in [0.15, 0.2) is 65.7 Å². The standard InChI is InChI=1S/C16H18N2/c1-18-16(14-10-6-3-7-11-14)12-15(17)13-8-4-2-5-9-13/h2-10,12,14H,11,17H2,1H3. The van der Waals surface area contributed by atoms with Gasteiger partial charge < -0.3 is 5.73 Å². The zero-order valence-corrected chi connectivity index (χ0v) is 10.6. The summed E-state index contributed by atoms with van der Waals surface area (Å²) in [5, 5.41) is 0. The summed E-state index contributed by atoms with van der Waals surface area (Å²) < 4.78 is 0. The second kappa shape index (κ2) is 6.01. The lowest BCUT2D eigenvalue weighted by molar-refractivity contribution is 0.870. The summed E-state index contributed by atoms with van der Waals surface area (Å²) in [4.78, 5) is 4.35. The van der Waals surface area contributed by atoms with Gasteiger partial charge in [0.2, 0.25) is 0 Å². The maximum atomic E-state index is 6.12. The van der Waals surface area contributed by atoms with Gasteiger partial charge in [-0.2, -0.15) is 0 Å². The van der Waals surface area contributed by atoms with E-state index in [0.29, 0.717) is 5.92 Å². The molecule has 0 heterocycles. The molecule has 0 saturated heterocycles. The fourth-order valence-electron chi connectivity index (χ4n) is 2.01. The van der Waals surface area contributed by atoms with Crippen LogP contribution in [0.4, 0.5) is 0 Å². The van der Waals surface area contributed by atoms with Crippen molar-refractivity contribution in [3.05, 3.63) is 66.3 Å². The average Bonchev–Trinajstić information content (AvgIpc) is 2.46. The first-order valence-electron chi connectivity index (χ1n) is 6.14. The Kier molecular flexibility index (Phi) is 4.13. The van der Waals surface area contributed by atoms with Crippen LogP contribution in [0.1, 0.15) is 12.0 Å². The van der Waals surface area contributed by atoms with Gasteiger partial charge in [0.1, 0.15) is 0 Å². The largest absolute Gasteiger partial charge is 0.398 e. The van der Waals surface area contributed by atoms with Crippen molar-refractivity contribution in [2.75, 3.05) is 7.05 Å². The van der Waals surface area contributed by atoms with E-state index in [1.54, 1.807) is 0 Å². The van der Waals surface area contributed by atoms with E-state index in [-0.39, 0.29) is 0 Å². The number of rotatable bonds is 3. The molecule has 1 unspecified atom stereocenters. The molecule has 1 aliphatic carbocycles. The summed E-state index contributed by atoms with van der Waals surface area (Å²) in [7, 11) is 1.82. The van der Waals surface area contributed by atoms with Gasteiger partial charge in [0, 0.05) is 24.4 Å². The molecule has 18 heavy (non-hydrogen) atoms. The van der Waals surface area contributed by atoms with Crippen LogP contribution >= 0.6 is 0 Å². The molecule has 0 aromatic heterocycles. The van der Waals surface area contributed by atoms with Crippen molar-refractivity contribution in [2.24, 2.45) is 16.6 Å². The van der Waals surface area contributed by atoms with Crippen LogP contribution in [0.3, 0.4) is 0 Å². The summed E-state index contributed by atoms with van der Waals surface area (Å²) in [6.45, 7) is 0. The lowest BCUT2D eigenvalue weighted by Gasteiger charge is -2.13. The third kappa shape index (κ3) is 2.98. The summed E-state index contributed by atoms with van der Waals surface area (Å²) in [6.07, 6.45) is 11.4. The Hall–Kier alpha value is -2.09. The number of allylic oxidation sites excluding steroid dienone is 5. The summed E-state index contributed by atoms with van der Waals surface area (Å²) >= 11 is 0. The number of benzene rings is 1. The number of hydrogen-bond acceptors (Lipinski definition) is 2. The van der Waals surface area contributed by atoms with Crippen molar-refractivity contribution in [3.8, 4) is 0 Å². The lowest BCUT2D eigenvalue weighted by atomic mass is 9.94. The van der Waals surface area contributed by atoms with Crippen LogP contribution in [0.5, 0.6) is 0 Å². The molecule has 1 aromatic carbocycles. The van der Waals surface area contributed by atoms with E-state index in [1.165, 1.54) is 0 Å². The molecule has 2 rings (SSSR count). The Morgan fingerprint density at radius 1 is 1.28 bits per heavy atom. The third-order valence-corrected chi connectivity index (χ3v) is 3.03. The second-order valence-corrected chi connectivity index (χ2v) is 4.27. The highest BCUT2D eigenvalue weighted by atomic mass is 14.7. The van der Waals surface area contributed by atoms with Gasteiger partial charge in [0.15, 0.2) is 0 Å². The van der Waals surface area contributed by atoms with Gasteiger partial charge in [0.05, 0.1) is 0 Å². The molecular formula is C16H18N2. The lowest BCUT2D eigenvalue weighted by Crippen LogP contribution is -2.12. The minimum atomic E-state index is 0.335. The van der Waals surface area contributed by atoms with E-state index in [9.17, 15) is 0 Å². The first-order chi connectivity index (χ1) is 8.81. The highest BCUT2D eigenvalue weighted by Crippen LogP contribution is 2.17. The van der Waals surface area contributed by atoms with Crippen LogP contribution in [-0.2, 0) is 0 Å². The number of nitrogens with zero attached hydrogens (tertiary/aromatic N) is 1. The monoisotopic (exact) mass is 238 g/mol. The van der Waals surface area contributed by atoms with E-state index in [0.717, 1.165) is 23.4 Å². The average molecular weight is 238 g/mol. The van der Waals surface area contributed by atoms with Crippen LogP contribution in [0, 0.1) is 5.92 Å². The molecule has 2 heteroatoms. The number of aliphatic imine (C=N–C) groups is 1. The van der Waals surface area contributed by atoms with E-state index in [4.69, 9.17) is 5.73 Å². The SMILES string of the molecule is CN=C(C=C(N)c1ccccc1)C1C=CC=CC1. The Balaban J connectivity index is 2.20. The fraction of sp³-hybridized carbons (Fsp3) is 0.188. The smallest absolute Gasteiger partial charge is 0.0437 e. The Morgan fingerprint density at radius 2 is 2.06 bits per heavy atom. The number of hydrogen-bond donors (Lipinski definition) is 1. The van der Waals surface area contributed by atoms with Crippen molar-refractivity contribution in [1.82, 2.24) is 0 Å². The van der Waals surface area contributed by atoms with Gasteiger partial charge >= 0.3 is 0 Å². The summed E-state index contributed by atoms with van der Waals surface area (Å²) in [5.74, 6) is 0.335. The zero-order chi connectivity index (χ0) is 12.8. The first kappa shape index (κ1) is 12.4. The molecular weight excluding hydrogens is 220 g/mol. The molecule has 0 saturated carbocycles. The molecule has 0 amide bonds. The van der Waals surface area contributed by atoms with E-state index < -0.39 is 0 Å². The van der Waals surface area contributed by atoms with Gasteiger partial charge in [-0.05, 0) is 18.1 Å². The predicted molar refractivity (Wildman–Crippen MR) is 78.4 cm³/mol. The van der Waals surface area contributed by atoms with E-state index in [2.05, 4.69) is 29.3 Å². The highest BCUT2D eigenvalue weighted by Gasteiger charge is 2.11. The first-order valence-corrected chi connectivity index (χ1v) is 6.14. The molecule has 1 aromatic rings. The summed E-state index contributed by atoms with van der Waals surface area (Å²) in [6, 6.07) is 9.98. The van der Waals surface area contributed by atoms with Gasteiger partial charge in [-0.3, -0.25) is 4.99 Å². The minimum Gasteiger partial charge on any atom is -0.398 e. The van der Waals surface area contributed by atoms with E-state index >= 15 is 0 Å². The molecule has 2 nitrogen and oxygen atoms in total. The zero-order valence-electron chi connectivity index (χ0n) is 10.6. The molecule has 92 valence electrons. The predicted octanol–water partition coefficient (Wildman–Crippen LogP) is 3.19. The Bertz CT molecular complexity index is 507. The van der Waals surface area contributed by atoms with Gasteiger partial charge in [0.25, 0.3) is 0 Å². The topological polar surface area (TPSA) is 38.4 Å². The molecule has 0 spiro atoms. The highest BCUT2D eigenvalue weighted by molar-refractivity contribution is 6.03. The van der Waals surface area contributed by atoms with Gasteiger partial charge in [-0.25, -0.2) is 0 Å². The normalized spacial score (nSPS) is 20.2. The molecule has 0 fully saturated rings.